The van der Waals surface area contributed by atoms with Gasteiger partial charge in [0.05, 0.1) is 52.7 Å². The summed E-state index contributed by atoms with van der Waals surface area (Å²) in [5.74, 6) is 0.0590. The number of carbonyl (C=O) groups excluding carboxylic acids is 4. The number of ether oxygens (including phenoxy) is 1. The highest BCUT2D eigenvalue weighted by Crippen LogP contribution is 2.40. The van der Waals surface area contributed by atoms with E-state index in [1.165, 1.54) is 17.2 Å². The summed E-state index contributed by atoms with van der Waals surface area (Å²) >= 11 is 9.48. The lowest BCUT2D eigenvalue weighted by atomic mass is 9.85. The molecule has 6 atom stereocenters. The zero-order chi connectivity index (χ0) is 50.9. The van der Waals surface area contributed by atoms with E-state index >= 15 is 0 Å². The SMILES string of the molecule is Cc1ncsc1-c1ccc([C@H](C)NC(=O)[C@@H]2C[C@@H](O)CN2C(=O)[C@@H](NC(=O)c2ccc(OC(C)CCNC(=O)C[C@@H]3N=C(c4ccc(Cl)cc4)c4c(sc(C)c4C)-n4c(C)nnc43)cn2)C(C)(C)C)cc1. The lowest BCUT2D eigenvalue weighted by Crippen LogP contribution is -2.58. The molecule has 1 fully saturated rings. The first kappa shape index (κ1) is 51.0. The Morgan fingerprint density at radius 2 is 1.65 bits per heavy atom. The van der Waals surface area contributed by atoms with Gasteiger partial charge >= 0.3 is 0 Å². The molecule has 2 aromatic carbocycles. The number of amides is 4. The minimum atomic E-state index is -1.05. The first-order valence-electron chi connectivity index (χ1n) is 23.6. The lowest BCUT2D eigenvalue weighted by molar-refractivity contribution is -0.142. The van der Waals surface area contributed by atoms with Crippen LogP contribution in [-0.2, 0) is 14.4 Å². The van der Waals surface area contributed by atoms with Crippen LogP contribution in [0.25, 0.3) is 15.4 Å². The number of halogens is 1. The minimum Gasteiger partial charge on any atom is -0.489 e. The van der Waals surface area contributed by atoms with Crippen LogP contribution in [0.15, 0.2) is 77.4 Å². The largest absolute Gasteiger partial charge is 0.489 e. The Labute approximate surface area is 426 Å². The summed E-state index contributed by atoms with van der Waals surface area (Å²) < 4.78 is 8.12. The van der Waals surface area contributed by atoms with Crippen molar-refractivity contribution in [2.45, 2.75) is 118 Å². The number of pyridine rings is 1. The molecule has 372 valence electrons. The summed E-state index contributed by atoms with van der Waals surface area (Å²) in [6, 6.07) is 15.6. The molecule has 16 nitrogen and oxygen atoms in total. The summed E-state index contributed by atoms with van der Waals surface area (Å²) in [6.07, 6.45) is 0.782. The molecule has 4 aromatic heterocycles. The van der Waals surface area contributed by atoms with Gasteiger partial charge in [-0.05, 0) is 87.9 Å². The number of likely N-dealkylation sites (tertiary alicyclic amines) is 1. The molecule has 0 spiro atoms. The van der Waals surface area contributed by atoms with Crippen molar-refractivity contribution in [3.63, 3.8) is 0 Å². The number of aliphatic hydroxyl groups excluding tert-OH is 1. The van der Waals surface area contributed by atoms with Crippen LogP contribution < -0.4 is 20.7 Å². The van der Waals surface area contributed by atoms with Crippen LogP contribution in [0.2, 0.25) is 5.02 Å². The average Bonchev–Trinajstić information content (AvgIpc) is 4.10. The topological polar surface area (TPSA) is 206 Å². The molecule has 71 heavy (non-hydrogen) atoms. The third-order valence-electron chi connectivity index (χ3n) is 12.9. The van der Waals surface area contributed by atoms with E-state index in [0.717, 1.165) is 54.0 Å². The van der Waals surface area contributed by atoms with Gasteiger partial charge in [0.15, 0.2) is 5.82 Å². The van der Waals surface area contributed by atoms with Crippen LogP contribution >= 0.6 is 34.3 Å². The number of hydrogen-bond donors (Lipinski definition) is 4. The molecule has 0 bridgehead atoms. The molecule has 2 aliphatic heterocycles. The third kappa shape index (κ3) is 11.3. The summed E-state index contributed by atoms with van der Waals surface area (Å²) in [4.78, 5) is 72.8. The molecular weight excluding hydrogens is 960 g/mol. The van der Waals surface area contributed by atoms with E-state index in [4.69, 9.17) is 21.3 Å². The second kappa shape index (κ2) is 21.2. The number of rotatable bonds is 15. The number of aliphatic hydroxyl groups is 1. The van der Waals surface area contributed by atoms with Crippen molar-refractivity contribution in [3.05, 3.63) is 128 Å². The van der Waals surface area contributed by atoms with Crippen molar-refractivity contribution in [1.82, 2.24) is 45.6 Å². The normalized spacial score (nSPS) is 17.8. The van der Waals surface area contributed by atoms with Crippen molar-refractivity contribution >= 4 is 63.6 Å². The fourth-order valence-corrected chi connectivity index (χ4v) is 11.0. The van der Waals surface area contributed by atoms with E-state index in [-0.39, 0.29) is 43.1 Å². The number of thiazole rings is 1. The number of aromatic nitrogens is 5. The second-order valence-electron chi connectivity index (χ2n) is 19.3. The van der Waals surface area contributed by atoms with Crippen LogP contribution in [0.5, 0.6) is 5.75 Å². The monoisotopic (exact) mass is 1020 g/mol. The maximum absolute atomic E-state index is 14.3. The van der Waals surface area contributed by atoms with E-state index in [9.17, 15) is 24.3 Å². The molecule has 8 rings (SSSR count). The highest BCUT2D eigenvalue weighted by atomic mass is 35.5. The molecule has 2 aliphatic rings. The first-order chi connectivity index (χ1) is 33.8. The highest BCUT2D eigenvalue weighted by molar-refractivity contribution is 7.15. The van der Waals surface area contributed by atoms with E-state index in [2.05, 4.69) is 50.0 Å². The predicted octanol–water partition coefficient (Wildman–Crippen LogP) is 7.97. The summed E-state index contributed by atoms with van der Waals surface area (Å²) in [7, 11) is 0. The van der Waals surface area contributed by atoms with Gasteiger partial charge in [0.25, 0.3) is 5.91 Å². The van der Waals surface area contributed by atoms with Crippen molar-refractivity contribution in [2.75, 3.05) is 13.1 Å². The van der Waals surface area contributed by atoms with Gasteiger partial charge in [0, 0.05) is 47.0 Å². The zero-order valence-electron chi connectivity index (χ0n) is 41.2. The molecule has 4 N–H and O–H groups in total. The van der Waals surface area contributed by atoms with Crippen molar-refractivity contribution in [1.29, 1.82) is 0 Å². The minimum absolute atomic E-state index is 0.0482. The van der Waals surface area contributed by atoms with Crippen molar-refractivity contribution in [3.8, 4) is 21.2 Å². The number of thiophene rings is 1. The molecule has 19 heteroatoms. The summed E-state index contributed by atoms with van der Waals surface area (Å²) in [5.41, 5.74) is 7.74. The van der Waals surface area contributed by atoms with Gasteiger partial charge in [-0.1, -0.05) is 68.8 Å². The number of benzene rings is 2. The summed E-state index contributed by atoms with van der Waals surface area (Å²) in [5, 5.41) is 30.1. The maximum Gasteiger partial charge on any atom is 0.270 e. The molecule has 1 unspecified atom stereocenters. The Balaban J connectivity index is 0.850. The van der Waals surface area contributed by atoms with E-state index in [0.29, 0.717) is 35.4 Å². The van der Waals surface area contributed by atoms with Gasteiger partial charge in [-0.15, -0.1) is 32.9 Å². The number of nitrogens with zero attached hydrogens (tertiary/aromatic N) is 7. The number of carbonyl (C=O) groups is 4. The van der Waals surface area contributed by atoms with E-state index in [1.807, 2.05) is 107 Å². The molecule has 4 amide bonds. The van der Waals surface area contributed by atoms with Crippen molar-refractivity contribution < 1.29 is 29.0 Å². The predicted molar refractivity (Wildman–Crippen MR) is 276 cm³/mol. The van der Waals surface area contributed by atoms with Crippen molar-refractivity contribution in [2.24, 2.45) is 10.4 Å². The Bertz CT molecular complexity index is 2960. The number of β-amino-alcohol motifs (C(OH)–C–C–N with tert-alkyl or cyclic N) is 1. The van der Waals surface area contributed by atoms with Crippen LogP contribution in [0.1, 0.15) is 121 Å². The third-order valence-corrected chi connectivity index (χ3v) is 15.4. The smallest absolute Gasteiger partial charge is 0.270 e. The fourth-order valence-electron chi connectivity index (χ4n) is 8.89. The first-order valence-corrected chi connectivity index (χ1v) is 25.7. The average molecular weight is 1020 g/mol. The Morgan fingerprint density at radius 1 is 0.930 bits per heavy atom. The van der Waals surface area contributed by atoms with Crippen LogP contribution in [-0.4, -0.2) is 101 Å². The molecular formula is C52H59ClN10O6S2. The molecule has 0 aliphatic carbocycles. The van der Waals surface area contributed by atoms with Gasteiger partial charge in [-0.25, -0.2) is 9.97 Å². The number of hydrogen-bond acceptors (Lipinski definition) is 13. The van der Waals surface area contributed by atoms with Gasteiger partial charge in [0.2, 0.25) is 17.7 Å². The Hall–Kier alpha value is -6.34. The molecule has 0 saturated carbocycles. The number of fused-ring (bicyclic) bond motifs is 3. The number of aliphatic imine (C=N–C) groups is 1. The van der Waals surface area contributed by atoms with E-state index < -0.39 is 47.4 Å². The highest BCUT2D eigenvalue weighted by Gasteiger charge is 2.45. The van der Waals surface area contributed by atoms with E-state index in [1.54, 1.807) is 28.7 Å². The Morgan fingerprint density at radius 3 is 2.31 bits per heavy atom. The van der Waals surface area contributed by atoms with Crippen LogP contribution in [0.4, 0.5) is 0 Å². The molecule has 6 aromatic rings. The van der Waals surface area contributed by atoms with Gasteiger partial charge in [-0.3, -0.25) is 28.7 Å². The molecule has 1 saturated heterocycles. The molecule has 0 radical (unpaired) electrons. The fraction of sp³-hybridized carbons (Fsp3) is 0.404. The molecule has 6 heterocycles. The lowest BCUT2D eigenvalue weighted by Gasteiger charge is -2.35. The van der Waals surface area contributed by atoms with Gasteiger partial charge in [0.1, 0.15) is 40.4 Å². The zero-order valence-corrected chi connectivity index (χ0v) is 43.6. The Kier molecular flexibility index (Phi) is 15.2. The summed E-state index contributed by atoms with van der Waals surface area (Å²) in [6.45, 7) is 17.5. The standard InChI is InChI=1S/C52H59ClN10O6S2/c1-27(20-21-54-42(65)23-40-47-61-60-32(6)63(47)51-43(28(2)31(5)71-51)44(58-40)34-14-16-36(53)17-15-34)69-38-18-19-39(55-24-38)48(66)59-46(52(7,8)9)50(68)62-25-37(64)22-41(62)49(67)57-29(3)33-10-12-35(13-11-33)45-30(4)56-26-70-45/h10-19,24,26-27,29,37,40-41,46,64H,20-23,25H2,1-9H3,(H,54,65)(H,57,67)(H,59,66)/t27?,29-,37+,40-,41-,46+/m0/s1. The van der Waals surface area contributed by atoms with Crippen LogP contribution in [0.3, 0.4) is 0 Å². The number of aryl methyl sites for hydroxylation is 3. The maximum atomic E-state index is 14.3. The van der Waals surface area contributed by atoms with Crippen LogP contribution in [0, 0.1) is 33.1 Å². The quantitative estimate of drug-likeness (QED) is 0.0781. The van der Waals surface area contributed by atoms with Gasteiger partial charge in [-0.2, -0.15) is 0 Å². The van der Waals surface area contributed by atoms with Gasteiger partial charge < -0.3 is 30.7 Å². The second-order valence-corrected chi connectivity index (χ2v) is 21.8. The number of nitrogens with one attached hydrogen (secondary N) is 3.